The number of fused-ring (bicyclic) bond motifs is 4. The van der Waals surface area contributed by atoms with Crippen LogP contribution >= 0.6 is 11.6 Å². The second kappa shape index (κ2) is 11.6. The minimum absolute atomic E-state index is 0.0145. The highest BCUT2D eigenvalue weighted by Gasteiger charge is 2.41. The van der Waals surface area contributed by atoms with Crippen LogP contribution in [0.5, 0.6) is 5.88 Å². The lowest BCUT2D eigenvalue weighted by molar-refractivity contribution is 0.108. The molecule has 0 saturated carbocycles. The molecule has 4 unspecified atom stereocenters. The predicted molar refractivity (Wildman–Crippen MR) is 153 cm³/mol. The summed E-state index contributed by atoms with van der Waals surface area (Å²) in [7, 11) is 2.16. The molecular weight excluding hydrogens is 530 g/mol. The van der Waals surface area contributed by atoms with Crippen molar-refractivity contribution in [1.82, 2.24) is 45.6 Å². The van der Waals surface area contributed by atoms with Crippen LogP contribution in [0, 0.1) is 11.8 Å². The largest absolute Gasteiger partial charge is 0.491 e. The molecule has 3 aliphatic rings. The second-order valence-electron chi connectivity index (χ2n) is 11.6. The van der Waals surface area contributed by atoms with Crippen LogP contribution in [-0.2, 0) is 0 Å². The van der Waals surface area contributed by atoms with E-state index < -0.39 is 0 Å². The Hall–Kier alpha value is -2.83. The number of nitrogens with one attached hydrogen (secondary N) is 3. The van der Waals surface area contributed by atoms with Crippen LogP contribution in [0.25, 0.3) is 16.9 Å². The molecule has 2 bridgehead atoms. The van der Waals surface area contributed by atoms with E-state index in [9.17, 15) is 9.90 Å². The van der Waals surface area contributed by atoms with Gasteiger partial charge >= 0.3 is 0 Å². The molecular formula is C28H38ClN9O2. The maximum atomic E-state index is 13.7. The topological polar surface area (TPSA) is 125 Å². The first kappa shape index (κ1) is 27.3. The zero-order valence-corrected chi connectivity index (χ0v) is 23.8. The fourth-order valence-electron chi connectivity index (χ4n) is 6.92. The predicted octanol–water partition coefficient (Wildman–Crippen LogP) is 2.36. The maximum absolute atomic E-state index is 13.7. The Balaban J connectivity index is 1.33. The molecule has 3 saturated heterocycles. The van der Waals surface area contributed by atoms with Crippen LogP contribution in [0.15, 0.2) is 41.6 Å². The number of likely N-dealkylation sites (N-methyl/N-ethyl adjacent to an activating group) is 1. The van der Waals surface area contributed by atoms with Crippen LogP contribution in [-0.4, -0.2) is 79.5 Å². The Morgan fingerprint density at radius 1 is 1.10 bits per heavy atom. The highest BCUT2D eigenvalue weighted by molar-refractivity contribution is 6.31. The molecule has 214 valence electrons. The van der Waals surface area contributed by atoms with Crippen molar-refractivity contribution in [2.45, 2.75) is 63.2 Å². The van der Waals surface area contributed by atoms with E-state index >= 15 is 0 Å². The minimum Gasteiger partial charge on any atom is -0.491 e. The van der Waals surface area contributed by atoms with Crippen LogP contribution in [0.2, 0.25) is 5.02 Å². The highest BCUT2D eigenvalue weighted by atomic mass is 35.5. The van der Waals surface area contributed by atoms with Gasteiger partial charge in [0.25, 0.3) is 11.4 Å². The fourth-order valence-corrected chi connectivity index (χ4v) is 7.09. The van der Waals surface area contributed by atoms with Gasteiger partial charge in [-0.05, 0) is 68.8 Å². The summed E-state index contributed by atoms with van der Waals surface area (Å²) in [5.74, 6) is 0.896. The molecule has 12 heteroatoms. The summed E-state index contributed by atoms with van der Waals surface area (Å²) in [6, 6.07) is 7.89. The number of hydrazine groups is 1. The quantitative estimate of drug-likeness (QED) is 0.377. The first-order valence-corrected chi connectivity index (χ1v) is 14.7. The van der Waals surface area contributed by atoms with E-state index in [0.29, 0.717) is 45.9 Å². The first-order valence-electron chi connectivity index (χ1n) is 14.3. The molecule has 3 aliphatic heterocycles. The molecule has 5 heterocycles. The third-order valence-electron chi connectivity index (χ3n) is 8.93. The highest BCUT2D eigenvalue weighted by Crippen LogP contribution is 2.34. The van der Waals surface area contributed by atoms with Gasteiger partial charge in [0.1, 0.15) is 0 Å². The van der Waals surface area contributed by atoms with E-state index in [1.165, 1.54) is 10.9 Å². The van der Waals surface area contributed by atoms with E-state index in [-0.39, 0.29) is 23.5 Å². The molecule has 11 nitrogen and oxygen atoms in total. The average molecular weight is 568 g/mol. The van der Waals surface area contributed by atoms with E-state index in [0.717, 1.165) is 51.7 Å². The molecule has 6 rings (SSSR count). The Bertz CT molecular complexity index is 1390. The van der Waals surface area contributed by atoms with Gasteiger partial charge < -0.3 is 15.7 Å². The number of aromatic hydroxyl groups is 1. The SMILES string of the molecule is C[C@@H]1CCC[C@H](n2cnc(-c3cc(Cl)ccc3-n3cc(O)nn3)cc2=O)C2CC(CCN2)C2C(CNN2C)NC1. The minimum atomic E-state index is -0.193. The van der Waals surface area contributed by atoms with Crippen LogP contribution in [0.4, 0.5) is 0 Å². The van der Waals surface area contributed by atoms with Gasteiger partial charge in [0.15, 0.2) is 0 Å². The Morgan fingerprint density at radius 3 is 2.77 bits per heavy atom. The molecule has 0 amide bonds. The Labute approximate surface area is 238 Å². The van der Waals surface area contributed by atoms with Crippen molar-refractivity contribution in [1.29, 1.82) is 0 Å². The number of halogens is 1. The van der Waals surface area contributed by atoms with Gasteiger partial charge in [-0.2, -0.15) is 0 Å². The van der Waals surface area contributed by atoms with E-state index in [2.05, 4.69) is 45.4 Å². The zero-order chi connectivity index (χ0) is 27.8. The monoisotopic (exact) mass is 567 g/mol. The van der Waals surface area contributed by atoms with E-state index in [1.807, 2.05) is 4.57 Å². The number of nitrogens with zero attached hydrogens (tertiary/aromatic N) is 6. The third kappa shape index (κ3) is 5.53. The van der Waals surface area contributed by atoms with Crippen LogP contribution in [0.1, 0.15) is 45.1 Å². The number of hydrogen-bond donors (Lipinski definition) is 4. The summed E-state index contributed by atoms with van der Waals surface area (Å²) in [6.07, 6.45) is 8.30. The average Bonchev–Trinajstić information content (AvgIpc) is 3.54. The maximum Gasteiger partial charge on any atom is 0.254 e. The van der Waals surface area contributed by atoms with Crippen molar-refractivity contribution < 1.29 is 5.11 Å². The summed E-state index contributed by atoms with van der Waals surface area (Å²) in [5, 5.41) is 27.8. The molecule has 0 radical (unpaired) electrons. The van der Waals surface area contributed by atoms with Crippen molar-refractivity contribution in [3.63, 3.8) is 0 Å². The van der Waals surface area contributed by atoms with E-state index in [1.54, 1.807) is 30.6 Å². The number of aromatic nitrogens is 5. The molecule has 1 aromatic carbocycles. The van der Waals surface area contributed by atoms with Crippen molar-refractivity contribution in [2.24, 2.45) is 11.8 Å². The molecule has 6 atom stereocenters. The van der Waals surface area contributed by atoms with Crippen LogP contribution < -0.4 is 21.6 Å². The summed E-state index contributed by atoms with van der Waals surface area (Å²) < 4.78 is 3.28. The summed E-state index contributed by atoms with van der Waals surface area (Å²) >= 11 is 6.33. The van der Waals surface area contributed by atoms with Crippen molar-refractivity contribution >= 4 is 11.6 Å². The van der Waals surface area contributed by atoms with Crippen molar-refractivity contribution in [2.75, 3.05) is 26.7 Å². The number of piperidine rings is 1. The Morgan fingerprint density at radius 2 is 1.98 bits per heavy atom. The van der Waals surface area contributed by atoms with Gasteiger partial charge in [-0.1, -0.05) is 35.3 Å². The lowest BCUT2D eigenvalue weighted by atomic mass is 9.80. The van der Waals surface area contributed by atoms with Gasteiger partial charge in [0, 0.05) is 48.4 Å². The Kier molecular flexibility index (Phi) is 7.91. The fraction of sp³-hybridized carbons (Fsp3) is 0.571. The molecule has 0 aliphatic carbocycles. The van der Waals surface area contributed by atoms with Gasteiger partial charge in [-0.3, -0.25) is 14.8 Å². The second-order valence-corrected chi connectivity index (χ2v) is 12.1. The number of benzene rings is 1. The number of rotatable bonds is 3. The molecule has 4 N–H and O–H groups in total. The molecule has 3 aromatic rings. The number of hydrogen-bond acceptors (Lipinski definition) is 9. The van der Waals surface area contributed by atoms with Crippen molar-refractivity contribution in [3.8, 4) is 22.8 Å². The molecule has 40 heavy (non-hydrogen) atoms. The molecule has 2 aromatic heterocycles. The standard InChI is InChI=1S/C28H38ClN9O2/c1-17-4-3-5-25(22-10-18(8-9-30-22)28-23(31-13-17)14-33-36(28)2)37-16-32-21(12-27(37)40)20-11-19(29)6-7-24(20)38-15-26(39)34-35-38/h6-7,11-12,15-18,22-23,25,28,30-31,33,39H,3-5,8-10,13-14H2,1-2H3/t17-,18?,22?,23?,25+,28?/m1/s1. The molecule has 3 fully saturated rings. The van der Waals surface area contributed by atoms with Gasteiger partial charge in [0.05, 0.1) is 29.9 Å². The van der Waals surface area contributed by atoms with Crippen molar-refractivity contribution in [3.05, 3.63) is 52.2 Å². The summed E-state index contributed by atoms with van der Waals surface area (Å²) in [5.41, 5.74) is 5.22. The summed E-state index contributed by atoms with van der Waals surface area (Å²) in [4.78, 5) is 18.5. The lowest BCUT2D eigenvalue weighted by Crippen LogP contribution is -2.54. The van der Waals surface area contributed by atoms with Gasteiger partial charge in [0.2, 0.25) is 0 Å². The first-order chi connectivity index (χ1) is 19.4. The van der Waals surface area contributed by atoms with Gasteiger partial charge in [-0.15, -0.1) is 0 Å². The zero-order valence-electron chi connectivity index (χ0n) is 23.0. The van der Waals surface area contributed by atoms with Crippen LogP contribution in [0.3, 0.4) is 0 Å². The summed E-state index contributed by atoms with van der Waals surface area (Å²) in [6.45, 7) is 5.22. The lowest BCUT2D eigenvalue weighted by Gasteiger charge is -2.42. The van der Waals surface area contributed by atoms with Gasteiger partial charge in [-0.25, -0.2) is 14.7 Å². The smallest absolute Gasteiger partial charge is 0.254 e. The third-order valence-corrected chi connectivity index (χ3v) is 9.16. The normalized spacial score (nSPS) is 29.9. The molecule has 0 spiro atoms. The van der Waals surface area contributed by atoms with E-state index in [4.69, 9.17) is 16.6 Å².